The van der Waals surface area contributed by atoms with Gasteiger partial charge in [-0.1, -0.05) is 30.3 Å². The molecule has 0 aromatic heterocycles. The number of methoxy groups -OCH3 is 2. The van der Waals surface area contributed by atoms with Gasteiger partial charge in [0.1, 0.15) is 16.4 Å². The maximum absolute atomic E-state index is 12.8. The lowest BCUT2D eigenvalue weighted by molar-refractivity contribution is 0.392. The van der Waals surface area contributed by atoms with Crippen molar-refractivity contribution in [3.8, 4) is 11.5 Å². The third kappa shape index (κ3) is 4.75. The van der Waals surface area contributed by atoms with Crippen LogP contribution in [0.1, 0.15) is 5.56 Å². The highest BCUT2D eigenvalue weighted by molar-refractivity contribution is 7.92. The molecule has 2 N–H and O–H groups in total. The van der Waals surface area contributed by atoms with Crippen LogP contribution in [-0.2, 0) is 16.6 Å². The molecule has 0 bridgehead atoms. The van der Waals surface area contributed by atoms with E-state index < -0.39 is 10.0 Å². The lowest BCUT2D eigenvalue weighted by Crippen LogP contribution is -2.14. The van der Waals surface area contributed by atoms with Crippen molar-refractivity contribution in [3.05, 3.63) is 78.4 Å². The highest BCUT2D eigenvalue weighted by atomic mass is 32.2. The van der Waals surface area contributed by atoms with Gasteiger partial charge in [-0.25, -0.2) is 8.42 Å². The lowest BCUT2D eigenvalue weighted by atomic mass is 10.2. The van der Waals surface area contributed by atoms with E-state index in [4.69, 9.17) is 9.47 Å². The molecule has 0 amide bonds. The van der Waals surface area contributed by atoms with Crippen LogP contribution in [0.3, 0.4) is 0 Å². The van der Waals surface area contributed by atoms with Gasteiger partial charge in [-0.15, -0.1) is 0 Å². The Morgan fingerprint density at radius 1 is 0.821 bits per heavy atom. The average Bonchev–Trinajstić information content (AvgIpc) is 2.73. The minimum Gasteiger partial charge on any atom is -0.497 e. The van der Waals surface area contributed by atoms with Crippen LogP contribution in [-0.4, -0.2) is 22.6 Å². The van der Waals surface area contributed by atoms with E-state index in [1.807, 2.05) is 42.5 Å². The minimum absolute atomic E-state index is 0.0145. The summed E-state index contributed by atoms with van der Waals surface area (Å²) in [4.78, 5) is 0.0145. The molecule has 0 saturated carbocycles. The second kappa shape index (κ2) is 8.67. The number of hydrogen-bond acceptors (Lipinski definition) is 5. The first-order valence-electron chi connectivity index (χ1n) is 8.64. The zero-order valence-corrected chi connectivity index (χ0v) is 16.5. The maximum atomic E-state index is 12.8. The summed E-state index contributed by atoms with van der Waals surface area (Å²) in [5.41, 5.74) is 2.51. The molecule has 3 aromatic carbocycles. The van der Waals surface area contributed by atoms with Crippen LogP contribution in [0.4, 0.5) is 11.4 Å². The summed E-state index contributed by atoms with van der Waals surface area (Å²) in [6, 6.07) is 21.7. The molecule has 146 valence electrons. The van der Waals surface area contributed by atoms with Gasteiger partial charge in [0.05, 0.1) is 14.2 Å². The molecule has 6 nitrogen and oxygen atoms in total. The van der Waals surface area contributed by atoms with Crippen LogP contribution in [0.2, 0.25) is 0 Å². The zero-order chi connectivity index (χ0) is 20.0. The highest BCUT2D eigenvalue weighted by Crippen LogP contribution is 2.30. The second-order valence-electron chi connectivity index (χ2n) is 6.04. The highest BCUT2D eigenvalue weighted by Gasteiger charge is 2.20. The SMILES string of the molecule is COc1ccc(OC)c(S(=O)(=O)Nc2ccc(NCc3ccccc3)cc2)c1. The molecule has 0 saturated heterocycles. The molecule has 0 aliphatic rings. The number of nitrogens with one attached hydrogen (secondary N) is 2. The topological polar surface area (TPSA) is 76.7 Å². The van der Waals surface area contributed by atoms with Crippen LogP contribution < -0.4 is 19.5 Å². The predicted molar refractivity (Wildman–Crippen MR) is 111 cm³/mol. The Kier molecular flexibility index (Phi) is 6.06. The van der Waals surface area contributed by atoms with Gasteiger partial charge in [0, 0.05) is 24.0 Å². The Hall–Kier alpha value is -3.19. The van der Waals surface area contributed by atoms with Gasteiger partial charge >= 0.3 is 0 Å². The molecule has 3 aromatic rings. The largest absolute Gasteiger partial charge is 0.497 e. The summed E-state index contributed by atoms with van der Waals surface area (Å²) in [5.74, 6) is 0.677. The molecule has 0 spiro atoms. The first-order valence-corrected chi connectivity index (χ1v) is 10.1. The monoisotopic (exact) mass is 398 g/mol. The van der Waals surface area contributed by atoms with Crippen molar-refractivity contribution in [2.45, 2.75) is 11.4 Å². The molecule has 0 heterocycles. The Labute approximate surface area is 165 Å². The van der Waals surface area contributed by atoms with E-state index in [1.54, 1.807) is 24.3 Å². The number of sulfonamides is 1. The van der Waals surface area contributed by atoms with Gasteiger partial charge in [-0.3, -0.25) is 4.72 Å². The normalized spacial score (nSPS) is 10.9. The molecule has 28 heavy (non-hydrogen) atoms. The van der Waals surface area contributed by atoms with Crippen molar-refractivity contribution in [2.24, 2.45) is 0 Å². The van der Waals surface area contributed by atoms with Gasteiger partial charge in [-0.05, 0) is 42.0 Å². The van der Waals surface area contributed by atoms with Crippen LogP contribution in [0, 0.1) is 0 Å². The molecule has 0 fully saturated rings. The number of benzene rings is 3. The van der Waals surface area contributed by atoms with Gasteiger partial charge in [0.2, 0.25) is 0 Å². The second-order valence-corrected chi connectivity index (χ2v) is 7.69. The van der Waals surface area contributed by atoms with Crippen molar-refractivity contribution in [3.63, 3.8) is 0 Å². The fourth-order valence-corrected chi connectivity index (χ4v) is 3.90. The Morgan fingerprint density at radius 3 is 2.14 bits per heavy atom. The van der Waals surface area contributed by atoms with Gasteiger partial charge in [0.25, 0.3) is 10.0 Å². The van der Waals surface area contributed by atoms with Crippen molar-refractivity contribution in [2.75, 3.05) is 24.3 Å². The third-order valence-corrected chi connectivity index (χ3v) is 5.54. The van der Waals surface area contributed by atoms with E-state index in [-0.39, 0.29) is 10.6 Å². The molecule has 0 aliphatic heterocycles. The number of anilines is 2. The molecule has 0 radical (unpaired) electrons. The summed E-state index contributed by atoms with van der Waals surface area (Å²) in [6.45, 7) is 0.687. The quantitative estimate of drug-likeness (QED) is 0.597. The fraction of sp³-hybridized carbons (Fsp3) is 0.143. The summed E-state index contributed by atoms with van der Waals surface area (Å²) in [5, 5.41) is 3.30. The van der Waals surface area contributed by atoms with Gasteiger partial charge in [0.15, 0.2) is 0 Å². The Bertz CT molecular complexity index is 1020. The smallest absolute Gasteiger partial charge is 0.265 e. The number of ether oxygens (including phenoxy) is 2. The standard InChI is InChI=1S/C21H22N2O4S/c1-26-19-12-13-20(27-2)21(14-19)28(24,25)23-18-10-8-17(9-11-18)22-15-16-6-4-3-5-7-16/h3-14,22-23H,15H2,1-2H3. The van der Waals surface area contributed by atoms with Crippen LogP contribution in [0.15, 0.2) is 77.7 Å². The van der Waals surface area contributed by atoms with Crippen molar-refractivity contribution in [1.82, 2.24) is 0 Å². The number of rotatable bonds is 8. The third-order valence-electron chi connectivity index (χ3n) is 4.14. The van der Waals surface area contributed by atoms with E-state index in [0.717, 1.165) is 11.3 Å². The summed E-state index contributed by atoms with van der Waals surface area (Å²) in [7, 11) is -0.929. The van der Waals surface area contributed by atoms with E-state index in [1.165, 1.54) is 20.3 Å². The Balaban J connectivity index is 1.72. The molecular formula is C21H22N2O4S. The van der Waals surface area contributed by atoms with Crippen molar-refractivity contribution < 1.29 is 17.9 Å². The molecular weight excluding hydrogens is 376 g/mol. The molecule has 0 atom stereocenters. The van der Waals surface area contributed by atoms with E-state index in [9.17, 15) is 8.42 Å². The van der Waals surface area contributed by atoms with Crippen LogP contribution in [0.5, 0.6) is 11.5 Å². The lowest BCUT2D eigenvalue weighted by Gasteiger charge is -2.13. The zero-order valence-electron chi connectivity index (χ0n) is 15.7. The summed E-state index contributed by atoms with van der Waals surface area (Å²) >= 11 is 0. The van der Waals surface area contributed by atoms with E-state index in [0.29, 0.717) is 18.0 Å². The molecule has 0 aliphatic carbocycles. The molecule has 0 unspecified atom stereocenters. The summed E-state index contributed by atoms with van der Waals surface area (Å²) in [6.07, 6.45) is 0. The van der Waals surface area contributed by atoms with E-state index >= 15 is 0 Å². The average molecular weight is 398 g/mol. The fourth-order valence-electron chi connectivity index (χ4n) is 2.66. The number of hydrogen-bond donors (Lipinski definition) is 2. The molecule has 3 rings (SSSR count). The minimum atomic E-state index is -3.83. The summed E-state index contributed by atoms with van der Waals surface area (Å²) < 4.78 is 38.4. The van der Waals surface area contributed by atoms with Crippen LogP contribution >= 0.6 is 0 Å². The predicted octanol–water partition coefficient (Wildman–Crippen LogP) is 4.12. The van der Waals surface area contributed by atoms with E-state index in [2.05, 4.69) is 10.0 Å². The Morgan fingerprint density at radius 2 is 1.50 bits per heavy atom. The van der Waals surface area contributed by atoms with Crippen molar-refractivity contribution >= 4 is 21.4 Å². The maximum Gasteiger partial charge on any atom is 0.265 e. The first-order chi connectivity index (χ1) is 13.5. The first kappa shape index (κ1) is 19.6. The molecule has 7 heteroatoms. The van der Waals surface area contributed by atoms with Gasteiger partial charge in [-0.2, -0.15) is 0 Å². The van der Waals surface area contributed by atoms with Crippen LogP contribution in [0.25, 0.3) is 0 Å². The van der Waals surface area contributed by atoms with Crippen molar-refractivity contribution in [1.29, 1.82) is 0 Å². The van der Waals surface area contributed by atoms with Gasteiger partial charge < -0.3 is 14.8 Å².